The van der Waals surface area contributed by atoms with E-state index in [0.717, 1.165) is 31.4 Å². The Hall–Kier alpha value is -0.910. The van der Waals surface area contributed by atoms with Crippen LogP contribution in [0.3, 0.4) is 0 Å². The van der Waals surface area contributed by atoms with E-state index < -0.39 is 10.0 Å². The fourth-order valence-corrected chi connectivity index (χ4v) is 3.69. The molecule has 0 aliphatic heterocycles. The van der Waals surface area contributed by atoms with E-state index in [9.17, 15) is 8.42 Å². The molecular weight excluding hydrogens is 284 g/mol. The molecule has 0 spiro atoms. The van der Waals surface area contributed by atoms with Crippen LogP contribution in [0.5, 0.6) is 0 Å². The van der Waals surface area contributed by atoms with Gasteiger partial charge >= 0.3 is 0 Å². The third-order valence-electron chi connectivity index (χ3n) is 3.66. The smallest absolute Gasteiger partial charge is 0.243 e. The molecule has 1 rings (SSSR count). The topological polar surface area (TPSA) is 49.4 Å². The molecule has 1 N–H and O–H groups in total. The molecule has 0 aliphatic rings. The van der Waals surface area contributed by atoms with Crippen molar-refractivity contribution in [1.29, 1.82) is 0 Å². The third-order valence-corrected chi connectivity index (χ3v) is 5.63. The molecule has 0 aliphatic carbocycles. The van der Waals surface area contributed by atoms with Crippen LogP contribution in [-0.4, -0.2) is 32.4 Å². The fourth-order valence-electron chi connectivity index (χ4n) is 2.23. The molecule has 0 fully saturated rings. The van der Waals surface area contributed by atoms with Crippen molar-refractivity contribution in [1.82, 2.24) is 9.62 Å². The Morgan fingerprint density at radius 1 is 1.24 bits per heavy atom. The minimum atomic E-state index is -3.41. The van der Waals surface area contributed by atoms with Crippen LogP contribution < -0.4 is 5.32 Å². The predicted octanol–water partition coefficient (Wildman–Crippen LogP) is 3.00. The van der Waals surface area contributed by atoms with Crippen LogP contribution in [0.25, 0.3) is 0 Å². The van der Waals surface area contributed by atoms with Crippen molar-refractivity contribution in [2.24, 2.45) is 0 Å². The van der Waals surface area contributed by atoms with Gasteiger partial charge in [0, 0.05) is 19.6 Å². The molecule has 0 bridgehead atoms. The fraction of sp³-hybridized carbons (Fsp3) is 0.625. The molecule has 0 heterocycles. The Labute approximate surface area is 129 Å². The van der Waals surface area contributed by atoms with Gasteiger partial charge < -0.3 is 5.32 Å². The standard InChI is InChI=1S/C16H28N2O2S/c1-5-8-14(3)18(4)21(19,20)16-10-7-9-15(12-16)13-17-11-6-2/h7,9-10,12,14,17H,5-6,8,11,13H2,1-4H3. The van der Waals surface area contributed by atoms with Crippen LogP contribution in [0.4, 0.5) is 0 Å². The Bertz CT molecular complexity index is 529. The summed E-state index contributed by atoms with van der Waals surface area (Å²) in [6.45, 7) is 7.76. The van der Waals surface area contributed by atoms with Gasteiger partial charge in [-0.1, -0.05) is 32.4 Å². The van der Waals surface area contributed by atoms with Gasteiger partial charge in [0.05, 0.1) is 4.90 Å². The molecule has 4 nitrogen and oxygen atoms in total. The number of rotatable bonds is 9. The Balaban J connectivity index is 2.90. The number of benzene rings is 1. The lowest BCUT2D eigenvalue weighted by atomic mass is 10.2. The van der Waals surface area contributed by atoms with Crippen LogP contribution in [0, 0.1) is 0 Å². The average Bonchev–Trinajstić information content (AvgIpc) is 2.47. The first-order chi connectivity index (χ1) is 9.93. The van der Waals surface area contributed by atoms with E-state index in [1.807, 2.05) is 19.1 Å². The van der Waals surface area contributed by atoms with Gasteiger partial charge in [-0.25, -0.2) is 8.42 Å². The molecule has 0 saturated carbocycles. The number of hydrogen-bond acceptors (Lipinski definition) is 3. The van der Waals surface area contributed by atoms with Crippen LogP contribution in [0.1, 0.15) is 45.6 Å². The molecule has 120 valence electrons. The molecule has 0 saturated heterocycles. The lowest BCUT2D eigenvalue weighted by Gasteiger charge is -2.24. The Morgan fingerprint density at radius 2 is 1.95 bits per heavy atom. The van der Waals surface area contributed by atoms with Gasteiger partial charge in [0.2, 0.25) is 10.0 Å². The number of hydrogen-bond donors (Lipinski definition) is 1. The van der Waals surface area contributed by atoms with E-state index in [0.29, 0.717) is 11.4 Å². The highest BCUT2D eigenvalue weighted by Gasteiger charge is 2.24. The summed E-state index contributed by atoms with van der Waals surface area (Å²) in [5.74, 6) is 0. The summed E-state index contributed by atoms with van der Waals surface area (Å²) in [4.78, 5) is 0.378. The minimum absolute atomic E-state index is 0.0156. The second-order valence-electron chi connectivity index (χ2n) is 5.48. The molecule has 1 aromatic carbocycles. The zero-order valence-electron chi connectivity index (χ0n) is 13.6. The summed E-state index contributed by atoms with van der Waals surface area (Å²) in [5.41, 5.74) is 1.00. The third kappa shape index (κ3) is 5.09. The lowest BCUT2D eigenvalue weighted by Crippen LogP contribution is -2.35. The van der Waals surface area contributed by atoms with Crippen LogP contribution >= 0.6 is 0 Å². The zero-order valence-corrected chi connectivity index (χ0v) is 14.4. The van der Waals surface area contributed by atoms with Crippen molar-refractivity contribution in [3.8, 4) is 0 Å². The highest BCUT2D eigenvalue weighted by molar-refractivity contribution is 7.89. The minimum Gasteiger partial charge on any atom is -0.313 e. The van der Waals surface area contributed by atoms with E-state index in [1.54, 1.807) is 19.2 Å². The second kappa shape index (κ2) is 8.51. The molecule has 1 unspecified atom stereocenters. The van der Waals surface area contributed by atoms with Gasteiger partial charge in [0.25, 0.3) is 0 Å². The van der Waals surface area contributed by atoms with Gasteiger partial charge in [-0.2, -0.15) is 4.31 Å². The first-order valence-electron chi connectivity index (χ1n) is 7.71. The van der Waals surface area contributed by atoms with Crippen molar-refractivity contribution < 1.29 is 8.42 Å². The zero-order chi connectivity index (χ0) is 15.9. The Morgan fingerprint density at radius 3 is 2.57 bits per heavy atom. The van der Waals surface area contributed by atoms with E-state index in [-0.39, 0.29) is 6.04 Å². The maximum absolute atomic E-state index is 12.6. The van der Waals surface area contributed by atoms with Crippen LogP contribution in [0.15, 0.2) is 29.2 Å². The summed E-state index contributed by atoms with van der Waals surface area (Å²) in [5, 5.41) is 3.29. The van der Waals surface area contributed by atoms with Crippen molar-refractivity contribution in [2.75, 3.05) is 13.6 Å². The SMILES string of the molecule is CCCNCc1cccc(S(=O)(=O)N(C)C(C)CCC)c1. The van der Waals surface area contributed by atoms with E-state index in [2.05, 4.69) is 19.2 Å². The van der Waals surface area contributed by atoms with Gasteiger partial charge in [0.15, 0.2) is 0 Å². The average molecular weight is 312 g/mol. The number of nitrogens with one attached hydrogen (secondary N) is 1. The molecular formula is C16H28N2O2S. The summed E-state index contributed by atoms with van der Waals surface area (Å²) in [7, 11) is -1.74. The Kier molecular flexibility index (Phi) is 7.35. The molecule has 1 atom stereocenters. The van der Waals surface area contributed by atoms with Gasteiger partial charge in [-0.3, -0.25) is 0 Å². The number of sulfonamides is 1. The number of nitrogens with zero attached hydrogens (tertiary/aromatic N) is 1. The maximum atomic E-state index is 12.6. The van der Waals surface area contributed by atoms with Crippen LogP contribution in [-0.2, 0) is 16.6 Å². The monoisotopic (exact) mass is 312 g/mol. The predicted molar refractivity (Wildman–Crippen MR) is 87.8 cm³/mol. The van der Waals surface area contributed by atoms with Crippen LogP contribution in [0.2, 0.25) is 0 Å². The van der Waals surface area contributed by atoms with Gasteiger partial charge in [0.1, 0.15) is 0 Å². The molecule has 0 aromatic heterocycles. The molecule has 0 amide bonds. The summed E-state index contributed by atoms with van der Waals surface area (Å²) >= 11 is 0. The van der Waals surface area contributed by atoms with E-state index in [4.69, 9.17) is 0 Å². The summed E-state index contributed by atoms with van der Waals surface area (Å²) < 4.78 is 26.8. The summed E-state index contributed by atoms with van der Waals surface area (Å²) in [6.07, 6.45) is 2.91. The van der Waals surface area contributed by atoms with Crippen molar-refractivity contribution in [3.05, 3.63) is 29.8 Å². The quantitative estimate of drug-likeness (QED) is 0.713. The van der Waals surface area contributed by atoms with E-state index >= 15 is 0 Å². The molecule has 0 radical (unpaired) electrons. The lowest BCUT2D eigenvalue weighted by molar-refractivity contribution is 0.368. The first kappa shape index (κ1) is 18.1. The summed E-state index contributed by atoms with van der Waals surface area (Å²) in [6, 6.07) is 7.23. The second-order valence-corrected chi connectivity index (χ2v) is 7.48. The van der Waals surface area contributed by atoms with Crippen molar-refractivity contribution in [3.63, 3.8) is 0 Å². The molecule has 1 aromatic rings. The molecule has 5 heteroatoms. The van der Waals surface area contributed by atoms with Gasteiger partial charge in [-0.05, 0) is 44.0 Å². The van der Waals surface area contributed by atoms with Gasteiger partial charge in [-0.15, -0.1) is 0 Å². The first-order valence-corrected chi connectivity index (χ1v) is 9.15. The maximum Gasteiger partial charge on any atom is 0.243 e. The highest BCUT2D eigenvalue weighted by Crippen LogP contribution is 2.19. The largest absolute Gasteiger partial charge is 0.313 e. The molecule has 21 heavy (non-hydrogen) atoms. The highest BCUT2D eigenvalue weighted by atomic mass is 32.2. The van der Waals surface area contributed by atoms with Crippen molar-refractivity contribution >= 4 is 10.0 Å². The van der Waals surface area contributed by atoms with Crippen molar-refractivity contribution in [2.45, 2.75) is 57.5 Å². The van der Waals surface area contributed by atoms with E-state index in [1.165, 1.54) is 4.31 Å². The normalized spacial score (nSPS) is 13.6.